The molecule has 0 atom stereocenters. The molecule has 0 bridgehead atoms. The van der Waals surface area contributed by atoms with Crippen LogP contribution in [-0.2, 0) is 6.18 Å². The van der Waals surface area contributed by atoms with E-state index in [0.29, 0.717) is 5.39 Å². The number of nitrogens with two attached hydrogens (primary N) is 1. The number of halogens is 3. The third kappa shape index (κ3) is 2.45. The quantitative estimate of drug-likeness (QED) is 0.850. The maximum atomic E-state index is 12.9. The zero-order valence-electron chi connectivity index (χ0n) is 11.0. The average Bonchev–Trinajstić information content (AvgIpc) is 2.46. The molecule has 3 rings (SSSR count). The second kappa shape index (κ2) is 4.98. The number of fused-ring (bicyclic) bond motifs is 1. The molecule has 2 nitrogen and oxygen atoms in total. The van der Waals surface area contributed by atoms with Crippen LogP contribution >= 0.6 is 0 Å². The summed E-state index contributed by atoms with van der Waals surface area (Å²) in [4.78, 5) is 2.17. The number of rotatable bonds is 1. The van der Waals surface area contributed by atoms with Crippen molar-refractivity contribution >= 4 is 16.5 Å². The van der Waals surface area contributed by atoms with Gasteiger partial charge in [-0.05, 0) is 23.6 Å². The number of benzene rings is 2. The smallest absolute Gasteiger partial charge is 0.360 e. The second-order valence-electron chi connectivity index (χ2n) is 5.06. The fourth-order valence-electron chi connectivity index (χ4n) is 2.70. The Morgan fingerprint density at radius 2 is 1.75 bits per heavy atom. The topological polar surface area (TPSA) is 19.9 Å². The normalized spacial score (nSPS) is 16.6. The van der Waals surface area contributed by atoms with Crippen molar-refractivity contribution in [3.05, 3.63) is 42.0 Å². The standard InChI is InChI=1S/C15H15F3N2/c16-15(17,18)12-5-4-11-2-1-3-14(13(11)10-12)20-8-6-19-7-9-20/h1-5,10,19H,6-9H2/p+1. The highest BCUT2D eigenvalue weighted by atomic mass is 19.4. The van der Waals surface area contributed by atoms with Crippen LogP contribution in [0.1, 0.15) is 5.56 Å². The van der Waals surface area contributed by atoms with Crippen LogP contribution < -0.4 is 10.2 Å². The number of hydrogen-bond acceptors (Lipinski definition) is 1. The first-order valence-electron chi connectivity index (χ1n) is 6.72. The van der Waals surface area contributed by atoms with E-state index in [1.165, 1.54) is 6.07 Å². The molecule has 1 heterocycles. The summed E-state index contributed by atoms with van der Waals surface area (Å²) < 4.78 is 38.6. The maximum absolute atomic E-state index is 12.9. The third-order valence-corrected chi connectivity index (χ3v) is 3.73. The van der Waals surface area contributed by atoms with E-state index in [0.717, 1.165) is 43.3 Å². The minimum Gasteiger partial charge on any atom is -0.360 e. The molecule has 0 aliphatic carbocycles. The van der Waals surface area contributed by atoms with Crippen LogP contribution in [0.5, 0.6) is 0 Å². The molecule has 1 aliphatic heterocycles. The maximum Gasteiger partial charge on any atom is 0.416 e. The van der Waals surface area contributed by atoms with Gasteiger partial charge in [-0.3, -0.25) is 0 Å². The molecule has 20 heavy (non-hydrogen) atoms. The molecule has 1 saturated heterocycles. The highest BCUT2D eigenvalue weighted by Gasteiger charge is 2.30. The summed E-state index contributed by atoms with van der Waals surface area (Å²) in [6.45, 7) is 3.70. The molecule has 0 amide bonds. The predicted molar refractivity (Wildman–Crippen MR) is 72.8 cm³/mol. The molecule has 1 aliphatic rings. The Balaban J connectivity index is 2.11. The van der Waals surface area contributed by atoms with Gasteiger partial charge in [0, 0.05) is 11.1 Å². The zero-order valence-corrected chi connectivity index (χ0v) is 11.0. The predicted octanol–water partition coefficient (Wildman–Crippen LogP) is 2.24. The van der Waals surface area contributed by atoms with Crippen LogP contribution in [0.2, 0.25) is 0 Å². The van der Waals surface area contributed by atoms with E-state index < -0.39 is 11.7 Å². The Labute approximate surface area is 115 Å². The summed E-state index contributed by atoms with van der Waals surface area (Å²) in [6, 6.07) is 9.64. The number of quaternary nitrogens is 1. The Hall–Kier alpha value is -1.75. The van der Waals surface area contributed by atoms with Crippen LogP contribution in [0.25, 0.3) is 10.8 Å². The van der Waals surface area contributed by atoms with Gasteiger partial charge in [0.2, 0.25) is 0 Å². The molecular formula is C15H16F3N2+. The minimum absolute atomic E-state index is 0.582. The second-order valence-corrected chi connectivity index (χ2v) is 5.06. The van der Waals surface area contributed by atoms with Crippen molar-refractivity contribution in [2.24, 2.45) is 0 Å². The van der Waals surface area contributed by atoms with E-state index in [1.54, 1.807) is 6.07 Å². The van der Waals surface area contributed by atoms with E-state index in [-0.39, 0.29) is 0 Å². The summed E-state index contributed by atoms with van der Waals surface area (Å²) in [7, 11) is 0. The first kappa shape index (κ1) is 13.2. The van der Waals surface area contributed by atoms with Crippen LogP contribution in [0.15, 0.2) is 36.4 Å². The monoisotopic (exact) mass is 281 g/mol. The summed E-state index contributed by atoms with van der Waals surface area (Å²) in [6.07, 6.45) is -4.29. The molecule has 0 unspecified atom stereocenters. The van der Waals surface area contributed by atoms with Gasteiger partial charge < -0.3 is 10.2 Å². The third-order valence-electron chi connectivity index (χ3n) is 3.73. The molecule has 5 heteroatoms. The van der Waals surface area contributed by atoms with Crippen molar-refractivity contribution in [1.82, 2.24) is 0 Å². The van der Waals surface area contributed by atoms with Gasteiger partial charge in [-0.2, -0.15) is 13.2 Å². The summed E-state index contributed by atoms with van der Waals surface area (Å²) in [5, 5.41) is 3.76. The molecule has 0 saturated carbocycles. The Morgan fingerprint density at radius 3 is 2.45 bits per heavy atom. The molecular weight excluding hydrogens is 265 g/mol. The van der Waals surface area contributed by atoms with Crippen molar-refractivity contribution in [2.45, 2.75) is 6.18 Å². The first-order chi connectivity index (χ1) is 9.55. The van der Waals surface area contributed by atoms with E-state index in [2.05, 4.69) is 10.2 Å². The van der Waals surface area contributed by atoms with Gasteiger partial charge in [0.15, 0.2) is 0 Å². The van der Waals surface area contributed by atoms with Crippen LogP contribution in [0, 0.1) is 0 Å². The molecule has 0 aromatic heterocycles. The fourth-order valence-corrected chi connectivity index (χ4v) is 2.70. The van der Waals surface area contributed by atoms with Gasteiger partial charge >= 0.3 is 6.18 Å². The summed E-state index contributed by atoms with van der Waals surface area (Å²) >= 11 is 0. The van der Waals surface area contributed by atoms with Gasteiger partial charge in [0.1, 0.15) is 0 Å². The molecule has 0 spiro atoms. The molecule has 106 valence electrons. The number of hydrogen-bond donors (Lipinski definition) is 1. The van der Waals surface area contributed by atoms with E-state index in [9.17, 15) is 13.2 Å². The van der Waals surface area contributed by atoms with Gasteiger partial charge in [-0.15, -0.1) is 0 Å². The molecule has 2 aromatic carbocycles. The number of alkyl halides is 3. The van der Waals surface area contributed by atoms with Gasteiger partial charge in [0.05, 0.1) is 31.7 Å². The van der Waals surface area contributed by atoms with E-state index >= 15 is 0 Å². The fraction of sp³-hybridized carbons (Fsp3) is 0.333. The van der Waals surface area contributed by atoms with Gasteiger partial charge in [-0.1, -0.05) is 18.2 Å². The highest BCUT2D eigenvalue weighted by Crippen LogP contribution is 2.34. The summed E-state index contributed by atoms with van der Waals surface area (Å²) in [5.74, 6) is 0. The lowest BCUT2D eigenvalue weighted by Gasteiger charge is -2.28. The number of anilines is 1. The molecule has 0 radical (unpaired) electrons. The van der Waals surface area contributed by atoms with E-state index in [4.69, 9.17) is 0 Å². The van der Waals surface area contributed by atoms with Crippen molar-refractivity contribution < 1.29 is 18.5 Å². The Morgan fingerprint density at radius 1 is 1.00 bits per heavy atom. The van der Waals surface area contributed by atoms with Gasteiger partial charge in [0.25, 0.3) is 0 Å². The van der Waals surface area contributed by atoms with Gasteiger partial charge in [-0.25, -0.2) is 0 Å². The lowest BCUT2D eigenvalue weighted by atomic mass is 10.0. The molecule has 2 aromatic rings. The van der Waals surface area contributed by atoms with Crippen LogP contribution in [0.3, 0.4) is 0 Å². The van der Waals surface area contributed by atoms with Crippen molar-refractivity contribution in [3.63, 3.8) is 0 Å². The SMILES string of the molecule is FC(F)(F)c1ccc2cccc(N3CC[NH2+]CC3)c2c1. The molecule has 1 fully saturated rings. The Bertz CT molecular complexity index is 616. The lowest BCUT2D eigenvalue weighted by molar-refractivity contribution is -0.655. The largest absolute Gasteiger partial charge is 0.416 e. The van der Waals surface area contributed by atoms with Crippen LogP contribution in [0.4, 0.5) is 18.9 Å². The van der Waals surface area contributed by atoms with Crippen molar-refractivity contribution in [3.8, 4) is 0 Å². The first-order valence-corrected chi connectivity index (χ1v) is 6.72. The zero-order chi connectivity index (χ0) is 14.2. The number of nitrogens with zero attached hydrogens (tertiary/aromatic N) is 1. The number of piperazine rings is 1. The Kier molecular flexibility index (Phi) is 3.30. The van der Waals surface area contributed by atoms with Crippen molar-refractivity contribution in [2.75, 3.05) is 31.1 Å². The lowest BCUT2D eigenvalue weighted by Crippen LogP contribution is -2.89. The van der Waals surface area contributed by atoms with E-state index in [1.807, 2.05) is 18.2 Å². The van der Waals surface area contributed by atoms with Crippen LogP contribution in [-0.4, -0.2) is 26.2 Å². The molecule has 2 N–H and O–H groups in total. The minimum atomic E-state index is -4.29. The average molecular weight is 281 g/mol. The summed E-state index contributed by atoms with van der Waals surface area (Å²) in [5.41, 5.74) is 0.322. The highest BCUT2D eigenvalue weighted by molar-refractivity contribution is 5.95. The van der Waals surface area contributed by atoms with Crippen molar-refractivity contribution in [1.29, 1.82) is 0 Å².